The number of nitrogens with one attached hydrogen (secondary N) is 1. The molecule has 2 amide bonds. The largest absolute Gasteiger partial charge is 0.323 e. The van der Waals surface area contributed by atoms with Gasteiger partial charge >= 0.3 is 6.03 Å². The predicted octanol–water partition coefficient (Wildman–Crippen LogP) is 3.68. The molecule has 0 atom stereocenters. The lowest BCUT2D eigenvalue weighted by Gasteiger charge is -2.27. The highest BCUT2D eigenvalue weighted by Gasteiger charge is 2.26. The Morgan fingerprint density at radius 3 is 2.48 bits per heavy atom. The summed E-state index contributed by atoms with van der Waals surface area (Å²) in [6.07, 6.45) is 6.36. The zero-order chi connectivity index (χ0) is 17.8. The summed E-state index contributed by atoms with van der Waals surface area (Å²) in [7, 11) is 0. The van der Waals surface area contributed by atoms with Crippen molar-refractivity contribution in [3.05, 3.63) is 29.3 Å². The highest BCUT2D eigenvalue weighted by atomic mass is 16.2. The van der Waals surface area contributed by atoms with Crippen molar-refractivity contribution in [3.63, 3.8) is 0 Å². The van der Waals surface area contributed by atoms with Gasteiger partial charge in [-0.25, -0.2) is 4.79 Å². The molecule has 136 valence electrons. The van der Waals surface area contributed by atoms with Crippen molar-refractivity contribution in [2.75, 3.05) is 31.5 Å². The van der Waals surface area contributed by atoms with Gasteiger partial charge in [0.05, 0.1) is 0 Å². The number of aryl methyl sites for hydroxylation is 1. The summed E-state index contributed by atoms with van der Waals surface area (Å²) >= 11 is 0. The molecule has 25 heavy (non-hydrogen) atoms. The lowest BCUT2D eigenvalue weighted by molar-refractivity contribution is 0.101. The number of Topliss-reactive ketones (excluding diaryl/α,β-unsaturated/α-hetero) is 1. The summed E-state index contributed by atoms with van der Waals surface area (Å²) in [5.41, 5.74) is 2.36. The van der Waals surface area contributed by atoms with Gasteiger partial charge in [0.2, 0.25) is 0 Å². The van der Waals surface area contributed by atoms with Crippen LogP contribution in [0.5, 0.6) is 0 Å². The molecule has 0 radical (unpaired) electrons. The van der Waals surface area contributed by atoms with E-state index in [9.17, 15) is 9.59 Å². The SMILES string of the molecule is CC(=O)c1ccc(NC(=O)N2CCCN(C3CCCC3)CC2)cc1C. The number of nitrogens with zero attached hydrogens (tertiary/aromatic N) is 2. The number of urea groups is 1. The highest BCUT2D eigenvalue weighted by Crippen LogP contribution is 2.24. The third-order valence-electron chi connectivity index (χ3n) is 5.52. The number of ketones is 1. The van der Waals surface area contributed by atoms with Gasteiger partial charge in [0, 0.05) is 43.5 Å². The smallest absolute Gasteiger partial charge is 0.321 e. The van der Waals surface area contributed by atoms with Crippen LogP contribution in [0.15, 0.2) is 18.2 Å². The van der Waals surface area contributed by atoms with Crippen LogP contribution in [-0.2, 0) is 0 Å². The summed E-state index contributed by atoms with van der Waals surface area (Å²) in [6.45, 7) is 7.12. The van der Waals surface area contributed by atoms with Crippen molar-refractivity contribution in [2.45, 2.75) is 52.0 Å². The van der Waals surface area contributed by atoms with Crippen LogP contribution < -0.4 is 5.32 Å². The number of hydrogen-bond acceptors (Lipinski definition) is 3. The standard InChI is InChI=1S/C20H29N3O2/c1-15-14-17(8-9-19(15)16(2)24)21-20(25)23-11-5-10-22(12-13-23)18-6-3-4-7-18/h8-9,14,18H,3-7,10-13H2,1-2H3,(H,21,25). The molecule has 1 heterocycles. The lowest BCUT2D eigenvalue weighted by Crippen LogP contribution is -2.40. The fourth-order valence-corrected chi connectivity index (χ4v) is 4.11. The van der Waals surface area contributed by atoms with Crippen LogP contribution in [0.1, 0.15) is 54.9 Å². The van der Waals surface area contributed by atoms with Crippen LogP contribution in [0.2, 0.25) is 0 Å². The Labute approximate surface area is 150 Å². The molecule has 1 saturated carbocycles. The van der Waals surface area contributed by atoms with Gasteiger partial charge in [-0.3, -0.25) is 9.69 Å². The van der Waals surface area contributed by atoms with E-state index in [0.29, 0.717) is 5.56 Å². The molecule has 0 aromatic heterocycles. The quantitative estimate of drug-likeness (QED) is 0.852. The second-order valence-corrected chi connectivity index (χ2v) is 7.33. The highest BCUT2D eigenvalue weighted by molar-refractivity contribution is 5.96. The molecule has 2 fully saturated rings. The van der Waals surface area contributed by atoms with Crippen molar-refractivity contribution in [1.82, 2.24) is 9.80 Å². The zero-order valence-electron chi connectivity index (χ0n) is 15.4. The molecule has 0 spiro atoms. The summed E-state index contributed by atoms with van der Waals surface area (Å²) in [4.78, 5) is 28.6. The molecule has 5 heteroatoms. The molecule has 3 rings (SSSR count). The van der Waals surface area contributed by atoms with Gasteiger partial charge in [-0.05, 0) is 56.9 Å². The number of carbonyl (C=O) groups is 2. The van der Waals surface area contributed by atoms with Gasteiger partial charge in [-0.2, -0.15) is 0 Å². The number of anilines is 1. The van der Waals surface area contributed by atoms with E-state index in [4.69, 9.17) is 0 Å². The van der Waals surface area contributed by atoms with Crippen molar-refractivity contribution in [2.24, 2.45) is 0 Å². The van der Waals surface area contributed by atoms with Crippen molar-refractivity contribution >= 4 is 17.5 Å². The number of amides is 2. The molecule has 1 aromatic carbocycles. The number of rotatable bonds is 3. The van der Waals surface area contributed by atoms with E-state index in [1.165, 1.54) is 25.7 Å². The van der Waals surface area contributed by atoms with E-state index in [0.717, 1.165) is 49.9 Å². The summed E-state index contributed by atoms with van der Waals surface area (Å²) in [5, 5.41) is 2.99. The Balaban J connectivity index is 1.57. The van der Waals surface area contributed by atoms with Crippen LogP contribution in [0.4, 0.5) is 10.5 Å². The van der Waals surface area contributed by atoms with Crippen LogP contribution in [0.25, 0.3) is 0 Å². The molecule has 1 saturated heterocycles. The van der Waals surface area contributed by atoms with Crippen molar-refractivity contribution in [3.8, 4) is 0 Å². The molecule has 1 N–H and O–H groups in total. The second kappa shape index (κ2) is 8.00. The van der Waals surface area contributed by atoms with Crippen LogP contribution in [-0.4, -0.2) is 53.8 Å². The number of benzene rings is 1. The fourth-order valence-electron chi connectivity index (χ4n) is 4.11. The zero-order valence-corrected chi connectivity index (χ0v) is 15.4. The normalized spacial score (nSPS) is 19.7. The first-order valence-corrected chi connectivity index (χ1v) is 9.46. The first kappa shape index (κ1) is 17.9. The molecular formula is C20H29N3O2. The maximum atomic E-state index is 12.6. The summed E-state index contributed by atoms with van der Waals surface area (Å²) < 4.78 is 0. The van der Waals surface area contributed by atoms with Crippen LogP contribution in [0, 0.1) is 6.92 Å². The third-order valence-corrected chi connectivity index (χ3v) is 5.52. The average Bonchev–Trinajstić information content (AvgIpc) is 2.99. The molecular weight excluding hydrogens is 314 g/mol. The van der Waals surface area contributed by atoms with Gasteiger partial charge in [-0.15, -0.1) is 0 Å². The van der Waals surface area contributed by atoms with Gasteiger partial charge in [0.1, 0.15) is 0 Å². The maximum absolute atomic E-state index is 12.6. The monoisotopic (exact) mass is 343 g/mol. The lowest BCUT2D eigenvalue weighted by atomic mass is 10.1. The van der Waals surface area contributed by atoms with Gasteiger partial charge < -0.3 is 10.2 Å². The van der Waals surface area contributed by atoms with Crippen molar-refractivity contribution in [1.29, 1.82) is 0 Å². The van der Waals surface area contributed by atoms with Gasteiger partial charge in [0.25, 0.3) is 0 Å². The number of hydrogen-bond donors (Lipinski definition) is 1. The molecule has 1 aromatic rings. The number of carbonyl (C=O) groups excluding carboxylic acids is 2. The molecule has 2 aliphatic rings. The summed E-state index contributed by atoms with van der Waals surface area (Å²) in [5.74, 6) is 0.0508. The molecule has 0 unspecified atom stereocenters. The van der Waals surface area contributed by atoms with Crippen LogP contribution in [0.3, 0.4) is 0 Å². The minimum Gasteiger partial charge on any atom is -0.323 e. The summed E-state index contributed by atoms with van der Waals surface area (Å²) in [6, 6.07) is 6.16. The van der Waals surface area contributed by atoms with E-state index >= 15 is 0 Å². The average molecular weight is 343 g/mol. The predicted molar refractivity (Wildman–Crippen MR) is 100 cm³/mol. The van der Waals surface area contributed by atoms with E-state index in [2.05, 4.69) is 10.2 Å². The minimum absolute atomic E-state index is 0.0387. The Morgan fingerprint density at radius 2 is 1.80 bits per heavy atom. The minimum atomic E-state index is -0.0387. The molecule has 1 aliphatic carbocycles. The topological polar surface area (TPSA) is 52.7 Å². The Kier molecular flexibility index (Phi) is 5.74. The first-order chi connectivity index (χ1) is 12.0. The molecule has 0 bridgehead atoms. The molecule has 5 nitrogen and oxygen atoms in total. The molecule has 1 aliphatic heterocycles. The van der Waals surface area contributed by atoms with Crippen LogP contribution >= 0.6 is 0 Å². The maximum Gasteiger partial charge on any atom is 0.321 e. The first-order valence-electron chi connectivity index (χ1n) is 9.46. The second-order valence-electron chi connectivity index (χ2n) is 7.33. The Morgan fingerprint density at radius 1 is 1.04 bits per heavy atom. The van der Waals surface area contributed by atoms with E-state index in [-0.39, 0.29) is 11.8 Å². The van der Waals surface area contributed by atoms with E-state index in [1.54, 1.807) is 13.0 Å². The van der Waals surface area contributed by atoms with E-state index in [1.807, 2.05) is 24.0 Å². The van der Waals surface area contributed by atoms with Gasteiger partial charge in [-0.1, -0.05) is 12.8 Å². The van der Waals surface area contributed by atoms with Gasteiger partial charge in [0.15, 0.2) is 5.78 Å². The van der Waals surface area contributed by atoms with E-state index < -0.39 is 0 Å². The fraction of sp³-hybridized carbons (Fsp3) is 0.600. The Bertz CT molecular complexity index is 638. The Hall–Kier alpha value is -1.88. The third kappa shape index (κ3) is 4.40. The van der Waals surface area contributed by atoms with Crippen molar-refractivity contribution < 1.29 is 9.59 Å².